The van der Waals surface area contributed by atoms with Gasteiger partial charge in [-0.15, -0.1) is 0 Å². The molecule has 1 aromatic rings. The quantitative estimate of drug-likeness (QED) is 0.765. The first-order valence-corrected chi connectivity index (χ1v) is 7.61. The number of aryl methyl sites for hydroxylation is 1. The van der Waals surface area contributed by atoms with Crippen molar-refractivity contribution in [2.24, 2.45) is 5.92 Å². The lowest BCUT2D eigenvalue weighted by molar-refractivity contribution is -0.114. The van der Waals surface area contributed by atoms with Crippen molar-refractivity contribution in [2.75, 3.05) is 10.6 Å². The van der Waals surface area contributed by atoms with Crippen LogP contribution in [0.5, 0.6) is 0 Å². The zero-order valence-electron chi connectivity index (χ0n) is 13.4. The van der Waals surface area contributed by atoms with E-state index in [1.54, 1.807) is 0 Å². The number of rotatable bonds is 7. The Morgan fingerprint density at radius 1 is 1.25 bits per heavy atom. The van der Waals surface area contributed by atoms with Crippen molar-refractivity contribution in [3.63, 3.8) is 0 Å². The van der Waals surface area contributed by atoms with Crippen LogP contribution in [0.2, 0.25) is 0 Å². The largest absolute Gasteiger partial charge is 0.382 e. The molecule has 0 bridgehead atoms. The van der Waals surface area contributed by atoms with E-state index in [4.69, 9.17) is 0 Å². The molecule has 0 aliphatic carbocycles. The second kappa shape index (κ2) is 7.93. The molecule has 2 atom stereocenters. The second-order valence-corrected chi connectivity index (χ2v) is 5.71. The van der Waals surface area contributed by atoms with Gasteiger partial charge in [0.1, 0.15) is 0 Å². The van der Waals surface area contributed by atoms with E-state index in [9.17, 15) is 4.79 Å². The molecule has 3 nitrogen and oxygen atoms in total. The maximum atomic E-state index is 11.1. The zero-order valence-corrected chi connectivity index (χ0v) is 13.4. The Labute approximate surface area is 123 Å². The molecule has 0 heterocycles. The molecule has 0 fully saturated rings. The minimum atomic E-state index is -0.0305. The van der Waals surface area contributed by atoms with Crippen molar-refractivity contribution in [2.45, 2.75) is 59.9 Å². The van der Waals surface area contributed by atoms with Gasteiger partial charge in [-0.25, -0.2) is 0 Å². The average molecular weight is 276 g/mol. The highest BCUT2D eigenvalue weighted by molar-refractivity contribution is 5.89. The van der Waals surface area contributed by atoms with E-state index >= 15 is 0 Å². The van der Waals surface area contributed by atoms with Gasteiger partial charge in [-0.2, -0.15) is 0 Å². The van der Waals surface area contributed by atoms with E-state index < -0.39 is 0 Å². The fourth-order valence-corrected chi connectivity index (χ4v) is 2.30. The molecule has 0 spiro atoms. The molecule has 112 valence electrons. The summed E-state index contributed by atoms with van der Waals surface area (Å²) in [6.07, 6.45) is 3.54. The van der Waals surface area contributed by atoms with E-state index in [1.807, 2.05) is 19.1 Å². The number of carbonyl (C=O) groups excluding carboxylic acids is 1. The third kappa shape index (κ3) is 5.24. The molecule has 20 heavy (non-hydrogen) atoms. The van der Waals surface area contributed by atoms with Gasteiger partial charge in [-0.05, 0) is 49.4 Å². The van der Waals surface area contributed by atoms with Gasteiger partial charge < -0.3 is 10.6 Å². The van der Waals surface area contributed by atoms with Crippen molar-refractivity contribution in [1.82, 2.24) is 0 Å². The average Bonchev–Trinajstić information content (AvgIpc) is 2.40. The molecule has 0 aliphatic heterocycles. The van der Waals surface area contributed by atoms with Gasteiger partial charge in [-0.3, -0.25) is 4.79 Å². The third-order valence-electron chi connectivity index (χ3n) is 3.78. The van der Waals surface area contributed by atoms with Gasteiger partial charge in [0.05, 0.1) is 0 Å². The molecule has 0 aliphatic rings. The number of hydrogen-bond acceptors (Lipinski definition) is 2. The molecule has 1 rings (SSSR count). The number of benzene rings is 1. The standard InChI is InChI=1S/C17H28N2O/c1-6-12(3)10-15(7-2)19-16-8-9-17(13(4)11-16)18-14(5)20/h8-9,11-12,15,19H,6-7,10H2,1-5H3,(H,18,20). The van der Waals surface area contributed by atoms with Gasteiger partial charge in [0.2, 0.25) is 5.91 Å². The van der Waals surface area contributed by atoms with E-state index in [0.29, 0.717) is 6.04 Å². The Balaban J connectivity index is 2.72. The monoisotopic (exact) mass is 276 g/mol. The molecule has 2 N–H and O–H groups in total. The van der Waals surface area contributed by atoms with Crippen LogP contribution in [-0.2, 0) is 4.79 Å². The summed E-state index contributed by atoms with van der Waals surface area (Å²) in [7, 11) is 0. The Morgan fingerprint density at radius 2 is 1.95 bits per heavy atom. The molecule has 0 radical (unpaired) electrons. The lowest BCUT2D eigenvalue weighted by Gasteiger charge is -2.22. The SMILES string of the molecule is CCC(C)CC(CC)Nc1ccc(NC(C)=O)c(C)c1. The molecule has 1 aromatic carbocycles. The van der Waals surface area contributed by atoms with Crippen LogP contribution in [-0.4, -0.2) is 11.9 Å². The second-order valence-electron chi connectivity index (χ2n) is 5.71. The highest BCUT2D eigenvalue weighted by Gasteiger charge is 2.11. The molecule has 0 saturated heterocycles. The smallest absolute Gasteiger partial charge is 0.221 e. The number of amides is 1. The van der Waals surface area contributed by atoms with Gasteiger partial charge in [0.15, 0.2) is 0 Å². The van der Waals surface area contributed by atoms with Crippen LogP contribution < -0.4 is 10.6 Å². The Morgan fingerprint density at radius 3 is 2.45 bits per heavy atom. The summed E-state index contributed by atoms with van der Waals surface area (Å²) in [6, 6.07) is 6.62. The normalized spacial score (nSPS) is 13.7. The van der Waals surface area contributed by atoms with E-state index in [-0.39, 0.29) is 5.91 Å². The highest BCUT2D eigenvalue weighted by atomic mass is 16.1. The number of hydrogen-bond donors (Lipinski definition) is 2. The molecule has 0 saturated carbocycles. The van der Waals surface area contributed by atoms with Gasteiger partial charge in [0.25, 0.3) is 0 Å². The van der Waals surface area contributed by atoms with Crippen molar-refractivity contribution in [3.8, 4) is 0 Å². The number of carbonyl (C=O) groups is 1. The molecule has 2 unspecified atom stereocenters. The van der Waals surface area contributed by atoms with Gasteiger partial charge in [-0.1, -0.05) is 27.2 Å². The Kier molecular flexibility index (Phi) is 6.56. The summed E-state index contributed by atoms with van der Waals surface area (Å²) >= 11 is 0. The third-order valence-corrected chi connectivity index (χ3v) is 3.78. The molecule has 3 heteroatoms. The van der Waals surface area contributed by atoms with E-state index in [1.165, 1.54) is 19.8 Å². The summed E-state index contributed by atoms with van der Waals surface area (Å²) in [6.45, 7) is 10.3. The first-order valence-electron chi connectivity index (χ1n) is 7.61. The van der Waals surface area contributed by atoms with Crippen molar-refractivity contribution >= 4 is 17.3 Å². The first kappa shape index (κ1) is 16.5. The first-order chi connectivity index (χ1) is 9.46. The summed E-state index contributed by atoms with van der Waals surface area (Å²) in [5.74, 6) is 0.712. The molecule has 1 amide bonds. The van der Waals surface area contributed by atoms with Crippen LogP contribution in [0.25, 0.3) is 0 Å². The zero-order chi connectivity index (χ0) is 15.1. The summed E-state index contributed by atoms with van der Waals surface area (Å²) in [5.41, 5.74) is 3.10. The van der Waals surface area contributed by atoms with E-state index in [0.717, 1.165) is 29.3 Å². The lowest BCUT2D eigenvalue weighted by atomic mass is 9.97. The van der Waals surface area contributed by atoms with Crippen LogP contribution in [0.3, 0.4) is 0 Å². The van der Waals surface area contributed by atoms with Crippen molar-refractivity contribution in [3.05, 3.63) is 23.8 Å². The topological polar surface area (TPSA) is 41.1 Å². The Bertz CT molecular complexity index is 443. The minimum Gasteiger partial charge on any atom is -0.382 e. The van der Waals surface area contributed by atoms with Crippen LogP contribution in [0.4, 0.5) is 11.4 Å². The summed E-state index contributed by atoms with van der Waals surface area (Å²) < 4.78 is 0. The van der Waals surface area contributed by atoms with Crippen molar-refractivity contribution in [1.29, 1.82) is 0 Å². The summed E-state index contributed by atoms with van der Waals surface area (Å²) in [4.78, 5) is 11.1. The van der Waals surface area contributed by atoms with Gasteiger partial charge in [0, 0.05) is 24.3 Å². The van der Waals surface area contributed by atoms with Crippen LogP contribution in [0.15, 0.2) is 18.2 Å². The lowest BCUT2D eigenvalue weighted by Crippen LogP contribution is -2.21. The molecule has 0 aromatic heterocycles. The highest BCUT2D eigenvalue weighted by Crippen LogP contribution is 2.22. The van der Waals surface area contributed by atoms with Crippen LogP contribution in [0.1, 0.15) is 52.5 Å². The maximum Gasteiger partial charge on any atom is 0.221 e. The minimum absolute atomic E-state index is 0.0305. The van der Waals surface area contributed by atoms with Gasteiger partial charge >= 0.3 is 0 Å². The van der Waals surface area contributed by atoms with Crippen LogP contribution in [0, 0.1) is 12.8 Å². The van der Waals surface area contributed by atoms with Crippen molar-refractivity contribution < 1.29 is 4.79 Å². The predicted octanol–water partition coefficient (Wildman–Crippen LogP) is 4.58. The molecular weight excluding hydrogens is 248 g/mol. The van der Waals surface area contributed by atoms with Crippen LogP contribution >= 0.6 is 0 Å². The maximum absolute atomic E-state index is 11.1. The Hall–Kier alpha value is -1.51. The molecular formula is C17H28N2O. The number of nitrogens with one attached hydrogen (secondary N) is 2. The number of anilines is 2. The fraction of sp³-hybridized carbons (Fsp3) is 0.588. The predicted molar refractivity (Wildman–Crippen MR) is 87.3 cm³/mol. The fourth-order valence-electron chi connectivity index (χ4n) is 2.30. The summed E-state index contributed by atoms with van der Waals surface area (Å²) in [5, 5.41) is 6.44. The van der Waals surface area contributed by atoms with E-state index in [2.05, 4.69) is 37.5 Å².